The summed E-state index contributed by atoms with van der Waals surface area (Å²) < 4.78 is 0. The van der Waals surface area contributed by atoms with Gasteiger partial charge in [-0.3, -0.25) is 4.99 Å². The van der Waals surface area contributed by atoms with E-state index in [1.807, 2.05) is 56.3 Å². The summed E-state index contributed by atoms with van der Waals surface area (Å²) in [5.74, 6) is 0. The third-order valence-electron chi connectivity index (χ3n) is 2.93. The zero-order chi connectivity index (χ0) is 14.4. The fourth-order valence-corrected chi connectivity index (χ4v) is 1.95. The minimum Gasteiger partial charge on any atom is -0.253 e. The van der Waals surface area contributed by atoms with Gasteiger partial charge >= 0.3 is 0 Å². The van der Waals surface area contributed by atoms with Crippen molar-refractivity contribution >= 4 is 11.4 Å². The van der Waals surface area contributed by atoms with Crippen molar-refractivity contribution in [3.63, 3.8) is 0 Å². The summed E-state index contributed by atoms with van der Waals surface area (Å²) in [6.45, 7) is 7.97. The molecule has 0 atom stereocenters. The Balaban J connectivity index is 2.42. The first kappa shape index (κ1) is 14.0. The number of rotatable bonds is 4. The van der Waals surface area contributed by atoms with Gasteiger partial charge in [0.15, 0.2) is 0 Å². The van der Waals surface area contributed by atoms with Gasteiger partial charge < -0.3 is 0 Å². The van der Waals surface area contributed by atoms with Crippen LogP contribution in [-0.2, 0) is 0 Å². The molecule has 0 fully saturated rings. The molecule has 0 saturated heterocycles. The van der Waals surface area contributed by atoms with E-state index in [-0.39, 0.29) is 0 Å². The highest BCUT2D eigenvalue weighted by Gasteiger charge is 2.02. The topological polar surface area (TPSA) is 12.4 Å². The summed E-state index contributed by atoms with van der Waals surface area (Å²) in [5, 5.41) is 0. The molecule has 0 heterocycles. The first-order valence-electron chi connectivity index (χ1n) is 6.70. The Labute approximate surface area is 121 Å². The van der Waals surface area contributed by atoms with Gasteiger partial charge in [-0.1, -0.05) is 72.8 Å². The molecule has 2 rings (SSSR count). The van der Waals surface area contributed by atoms with E-state index in [1.54, 1.807) is 0 Å². The van der Waals surface area contributed by atoms with Crippen LogP contribution in [0.15, 0.2) is 83.9 Å². The van der Waals surface area contributed by atoms with Crippen molar-refractivity contribution in [3.8, 4) is 0 Å². The van der Waals surface area contributed by atoms with Crippen LogP contribution < -0.4 is 0 Å². The maximum absolute atomic E-state index is 4.77. The summed E-state index contributed by atoms with van der Waals surface area (Å²) >= 11 is 0. The number of hydrogen-bond donors (Lipinski definition) is 0. The second-order valence-electron chi connectivity index (χ2n) is 4.81. The van der Waals surface area contributed by atoms with E-state index in [2.05, 4.69) is 30.8 Å². The van der Waals surface area contributed by atoms with Crippen molar-refractivity contribution in [2.45, 2.75) is 13.8 Å². The molecule has 0 spiro atoms. The Morgan fingerprint density at radius 1 is 0.850 bits per heavy atom. The second-order valence-corrected chi connectivity index (χ2v) is 4.81. The lowest BCUT2D eigenvalue weighted by Crippen LogP contribution is -1.95. The highest BCUT2D eigenvalue weighted by atomic mass is 14.8. The lowest BCUT2D eigenvalue weighted by Gasteiger charge is -2.06. The zero-order valence-corrected chi connectivity index (χ0v) is 12.0. The molecule has 0 aromatic heterocycles. The van der Waals surface area contributed by atoms with Gasteiger partial charge in [0.2, 0.25) is 0 Å². The van der Waals surface area contributed by atoms with Crippen LogP contribution in [0.1, 0.15) is 25.0 Å². The lowest BCUT2D eigenvalue weighted by atomic mass is 10.1. The van der Waals surface area contributed by atoms with Gasteiger partial charge in [0, 0.05) is 11.3 Å². The molecule has 0 aliphatic carbocycles. The molecule has 0 amide bonds. The molecule has 100 valence electrons. The van der Waals surface area contributed by atoms with Crippen LogP contribution >= 0.6 is 0 Å². The summed E-state index contributed by atoms with van der Waals surface area (Å²) in [6.07, 6.45) is 2.02. The minimum atomic E-state index is 0.944. The summed E-state index contributed by atoms with van der Waals surface area (Å²) in [6, 6.07) is 20.4. The van der Waals surface area contributed by atoms with Gasteiger partial charge in [-0.05, 0) is 25.5 Å². The van der Waals surface area contributed by atoms with Crippen LogP contribution in [-0.4, -0.2) is 5.71 Å². The van der Waals surface area contributed by atoms with E-state index in [0.717, 1.165) is 28.1 Å². The van der Waals surface area contributed by atoms with Gasteiger partial charge in [0.05, 0.1) is 5.70 Å². The number of allylic oxidation sites excluding steroid dienone is 2. The van der Waals surface area contributed by atoms with Gasteiger partial charge in [-0.2, -0.15) is 0 Å². The third-order valence-corrected chi connectivity index (χ3v) is 2.93. The summed E-state index contributed by atoms with van der Waals surface area (Å²) in [4.78, 5) is 4.77. The van der Waals surface area contributed by atoms with E-state index in [1.165, 1.54) is 0 Å². The van der Waals surface area contributed by atoms with Gasteiger partial charge in [0.25, 0.3) is 0 Å². The van der Waals surface area contributed by atoms with Crippen LogP contribution in [0.3, 0.4) is 0 Å². The van der Waals surface area contributed by atoms with E-state index >= 15 is 0 Å². The molecule has 0 radical (unpaired) electrons. The van der Waals surface area contributed by atoms with Crippen LogP contribution in [0.25, 0.3) is 5.70 Å². The molecule has 1 heteroatoms. The highest BCUT2D eigenvalue weighted by molar-refractivity contribution is 6.01. The Morgan fingerprint density at radius 2 is 1.35 bits per heavy atom. The van der Waals surface area contributed by atoms with E-state index in [4.69, 9.17) is 4.99 Å². The van der Waals surface area contributed by atoms with E-state index < -0.39 is 0 Å². The van der Waals surface area contributed by atoms with Crippen molar-refractivity contribution in [1.29, 1.82) is 0 Å². The van der Waals surface area contributed by atoms with Crippen LogP contribution in [0.5, 0.6) is 0 Å². The smallest absolute Gasteiger partial charge is 0.0707 e. The third kappa shape index (κ3) is 3.79. The standard InChI is InChI=1S/C19H19N/c1-15(2)14-19(18-12-8-5-9-13-18)20-16(3)17-10-6-4-7-11-17/h4-14H,1H2,2-3H3/b19-14-,20-16?. The normalized spacial score (nSPS) is 12.3. The van der Waals surface area contributed by atoms with Gasteiger partial charge in [-0.25, -0.2) is 0 Å². The molecule has 20 heavy (non-hydrogen) atoms. The maximum atomic E-state index is 4.77. The van der Waals surface area contributed by atoms with Crippen molar-refractivity contribution in [2.24, 2.45) is 4.99 Å². The molecule has 0 N–H and O–H groups in total. The van der Waals surface area contributed by atoms with Crippen molar-refractivity contribution in [1.82, 2.24) is 0 Å². The molecule has 1 nitrogen and oxygen atoms in total. The Bertz CT molecular complexity index is 634. The first-order chi connectivity index (χ1) is 9.66. The quantitative estimate of drug-likeness (QED) is 0.535. The van der Waals surface area contributed by atoms with Gasteiger partial charge in [0.1, 0.15) is 0 Å². The molecule has 2 aromatic rings. The number of nitrogens with zero attached hydrogens (tertiary/aromatic N) is 1. The molecule has 0 aliphatic rings. The van der Waals surface area contributed by atoms with Crippen molar-refractivity contribution in [3.05, 3.63) is 90.0 Å². The summed E-state index contributed by atoms with van der Waals surface area (Å²) in [5.41, 5.74) is 5.18. The molecule has 0 aliphatic heterocycles. The van der Waals surface area contributed by atoms with E-state index in [0.29, 0.717) is 0 Å². The SMILES string of the molecule is C=C(C)/C=C(\N=C(C)c1ccccc1)c1ccccc1. The molecule has 2 aromatic carbocycles. The molecular weight excluding hydrogens is 242 g/mol. The van der Waals surface area contributed by atoms with Crippen LogP contribution in [0, 0.1) is 0 Å². The molecular formula is C19H19N. The Morgan fingerprint density at radius 3 is 1.85 bits per heavy atom. The highest BCUT2D eigenvalue weighted by Crippen LogP contribution is 2.19. The Hall–Kier alpha value is -2.41. The van der Waals surface area contributed by atoms with Crippen molar-refractivity contribution < 1.29 is 0 Å². The predicted molar refractivity (Wildman–Crippen MR) is 87.9 cm³/mol. The second kappa shape index (κ2) is 6.67. The average Bonchev–Trinajstić information content (AvgIpc) is 2.48. The number of benzene rings is 2. The molecule has 0 bridgehead atoms. The van der Waals surface area contributed by atoms with E-state index in [9.17, 15) is 0 Å². The van der Waals surface area contributed by atoms with Crippen LogP contribution in [0.4, 0.5) is 0 Å². The number of hydrogen-bond acceptors (Lipinski definition) is 1. The monoisotopic (exact) mass is 261 g/mol. The lowest BCUT2D eigenvalue weighted by molar-refractivity contribution is 1.44. The minimum absolute atomic E-state index is 0.944. The van der Waals surface area contributed by atoms with Crippen LogP contribution in [0.2, 0.25) is 0 Å². The summed E-state index contributed by atoms with van der Waals surface area (Å²) in [7, 11) is 0. The fourth-order valence-electron chi connectivity index (χ4n) is 1.95. The predicted octanol–water partition coefficient (Wildman–Crippen LogP) is 5.11. The Kier molecular flexibility index (Phi) is 4.67. The van der Waals surface area contributed by atoms with Gasteiger partial charge in [-0.15, -0.1) is 0 Å². The first-order valence-corrected chi connectivity index (χ1v) is 6.70. The van der Waals surface area contributed by atoms with Crippen molar-refractivity contribution in [2.75, 3.05) is 0 Å². The number of aliphatic imine (C=N–C) groups is 1. The molecule has 0 unspecified atom stereocenters. The largest absolute Gasteiger partial charge is 0.253 e. The average molecular weight is 261 g/mol. The maximum Gasteiger partial charge on any atom is 0.0707 e. The fraction of sp³-hybridized carbons (Fsp3) is 0.105. The molecule has 0 saturated carbocycles. The zero-order valence-electron chi connectivity index (χ0n) is 12.0.